The SMILES string of the molecule is O=C1/C(=C\c2ccc(OCc3ccc4c(c3)OCO4)cc2)SC(=S)N1Cc1ccccc1. The molecule has 5 rings (SSSR count). The number of amides is 1. The molecular formula is C25H19NO4S2. The van der Waals surface area contributed by atoms with Gasteiger partial charge in [-0.2, -0.15) is 0 Å². The number of rotatable bonds is 6. The molecule has 160 valence electrons. The van der Waals surface area contributed by atoms with E-state index in [4.69, 9.17) is 26.4 Å². The van der Waals surface area contributed by atoms with E-state index in [1.54, 1.807) is 4.90 Å². The Morgan fingerprint density at radius 1 is 0.969 bits per heavy atom. The third-order valence-corrected chi connectivity index (χ3v) is 6.46. The van der Waals surface area contributed by atoms with Crippen LogP contribution in [0.15, 0.2) is 77.7 Å². The molecule has 1 saturated heterocycles. The smallest absolute Gasteiger partial charge is 0.266 e. The molecule has 0 unspecified atom stereocenters. The van der Waals surface area contributed by atoms with E-state index in [0.717, 1.165) is 33.9 Å². The van der Waals surface area contributed by atoms with Crippen molar-refractivity contribution in [1.82, 2.24) is 4.90 Å². The highest BCUT2D eigenvalue weighted by Gasteiger charge is 2.31. The van der Waals surface area contributed by atoms with Gasteiger partial charge < -0.3 is 14.2 Å². The van der Waals surface area contributed by atoms with Crippen LogP contribution in [0.3, 0.4) is 0 Å². The van der Waals surface area contributed by atoms with Crippen LogP contribution < -0.4 is 14.2 Å². The van der Waals surface area contributed by atoms with Crippen molar-refractivity contribution in [3.63, 3.8) is 0 Å². The quantitative estimate of drug-likeness (QED) is 0.362. The Kier molecular flexibility index (Phi) is 5.83. The lowest BCUT2D eigenvalue weighted by Crippen LogP contribution is -2.27. The molecule has 5 nitrogen and oxygen atoms in total. The molecule has 0 atom stereocenters. The summed E-state index contributed by atoms with van der Waals surface area (Å²) in [6.07, 6.45) is 1.87. The lowest BCUT2D eigenvalue weighted by Gasteiger charge is -2.14. The fraction of sp³-hybridized carbons (Fsp3) is 0.120. The maximum Gasteiger partial charge on any atom is 0.266 e. The van der Waals surface area contributed by atoms with Crippen molar-refractivity contribution in [2.24, 2.45) is 0 Å². The molecule has 7 heteroatoms. The average molecular weight is 462 g/mol. The number of hydrogen-bond donors (Lipinski definition) is 0. The lowest BCUT2D eigenvalue weighted by atomic mass is 10.2. The molecule has 2 aliphatic heterocycles. The number of carbonyl (C=O) groups excluding carboxylic acids is 1. The first-order valence-corrected chi connectivity index (χ1v) is 11.3. The van der Waals surface area contributed by atoms with Gasteiger partial charge in [0.2, 0.25) is 6.79 Å². The predicted octanol–water partition coefficient (Wildman–Crippen LogP) is 5.40. The molecule has 2 heterocycles. The molecule has 0 spiro atoms. The van der Waals surface area contributed by atoms with Crippen LogP contribution >= 0.6 is 24.0 Å². The van der Waals surface area contributed by atoms with Gasteiger partial charge in [-0.1, -0.05) is 72.5 Å². The number of hydrogen-bond acceptors (Lipinski definition) is 6. The fourth-order valence-electron chi connectivity index (χ4n) is 3.41. The Morgan fingerprint density at radius 2 is 1.75 bits per heavy atom. The standard InChI is InChI=1S/C25H19NO4S2/c27-24-23(32-25(31)26(24)14-18-4-2-1-3-5-18)13-17-6-9-20(10-7-17)28-15-19-8-11-21-22(12-19)30-16-29-21/h1-13H,14-16H2/b23-13+. The molecule has 0 bridgehead atoms. The summed E-state index contributed by atoms with van der Waals surface area (Å²) < 4.78 is 17.2. The average Bonchev–Trinajstić information content (AvgIpc) is 3.39. The molecule has 1 amide bonds. The fourth-order valence-corrected chi connectivity index (χ4v) is 4.67. The van der Waals surface area contributed by atoms with Crippen molar-refractivity contribution in [2.75, 3.05) is 6.79 Å². The molecule has 3 aromatic carbocycles. The molecule has 0 aliphatic carbocycles. The highest BCUT2D eigenvalue weighted by molar-refractivity contribution is 8.26. The predicted molar refractivity (Wildman–Crippen MR) is 128 cm³/mol. The van der Waals surface area contributed by atoms with Gasteiger partial charge in [-0.15, -0.1) is 0 Å². The van der Waals surface area contributed by atoms with Crippen LogP contribution in [0.5, 0.6) is 17.2 Å². The van der Waals surface area contributed by atoms with Gasteiger partial charge in [-0.25, -0.2) is 0 Å². The number of benzene rings is 3. The van der Waals surface area contributed by atoms with Crippen molar-refractivity contribution in [3.05, 3.63) is 94.4 Å². The van der Waals surface area contributed by atoms with Crippen molar-refractivity contribution in [3.8, 4) is 17.2 Å². The van der Waals surface area contributed by atoms with Gasteiger partial charge in [0.15, 0.2) is 11.5 Å². The van der Waals surface area contributed by atoms with Gasteiger partial charge in [-0.05, 0) is 47.0 Å². The maximum atomic E-state index is 12.8. The van der Waals surface area contributed by atoms with E-state index >= 15 is 0 Å². The normalized spacial score (nSPS) is 16.1. The summed E-state index contributed by atoms with van der Waals surface area (Å²) in [5.74, 6) is 2.18. The molecule has 1 fully saturated rings. The van der Waals surface area contributed by atoms with Crippen LogP contribution in [0.25, 0.3) is 6.08 Å². The molecule has 0 radical (unpaired) electrons. The molecule has 0 aromatic heterocycles. The van der Waals surface area contributed by atoms with Crippen molar-refractivity contribution in [1.29, 1.82) is 0 Å². The first-order chi connectivity index (χ1) is 15.7. The van der Waals surface area contributed by atoms with Crippen LogP contribution in [-0.4, -0.2) is 21.9 Å². The molecular weight excluding hydrogens is 442 g/mol. The Morgan fingerprint density at radius 3 is 2.56 bits per heavy atom. The van der Waals surface area contributed by atoms with Crippen molar-refractivity contribution >= 4 is 40.3 Å². The molecule has 0 N–H and O–H groups in total. The topological polar surface area (TPSA) is 48.0 Å². The third-order valence-electron chi connectivity index (χ3n) is 5.08. The highest BCUT2D eigenvalue weighted by Crippen LogP contribution is 2.34. The van der Waals surface area contributed by atoms with Crippen LogP contribution in [-0.2, 0) is 17.9 Å². The summed E-state index contributed by atoms with van der Waals surface area (Å²) in [6.45, 7) is 1.16. The van der Waals surface area contributed by atoms with Crippen LogP contribution in [0.1, 0.15) is 16.7 Å². The number of thiocarbonyl (C=S) groups is 1. The zero-order chi connectivity index (χ0) is 21.9. The van der Waals surface area contributed by atoms with Gasteiger partial charge in [-0.3, -0.25) is 9.69 Å². The Hall–Kier alpha value is -3.29. The minimum Gasteiger partial charge on any atom is -0.489 e. The van der Waals surface area contributed by atoms with E-state index < -0.39 is 0 Å². The number of fused-ring (bicyclic) bond motifs is 1. The second-order valence-electron chi connectivity index (χ2n) is 7.30. The molecule has 3 aromatic rings. The Labute approximate surface area is 195 Å². The third kappa shape index (κ3) is 4.49. The van der Waals surface area contributed by atoms with Crippen molar-refractivity contribution < 1.29 is 19.0 Å². The highest BCUT2D eigenvalue weighted by atomic mass is 32.2. The van der Waals surface area contributed by atoms with Crippen LogP contribution in [0.2, 0.25) is 0 Å². The Bertz CT molecular complexity index is 1190. The molecule has 0 saturated carbocycles. The minimum atomic E-state index is -0.0630. The van der Waals surface area contributed by atoms with Crippen molar-refractivity contribution in [2.45, 2.75) is 13.2 Å². The lowest BCUT2D eigenvalue weighted by molar-refractivity contribution is -0.122. The van der Waals surface area contributed by atoms with Crippen LogP contribution in [0, 0.1) is 0 Å². The summed E-state index contributed by atoms with van der Waals surface area (Å²) in [7, 11) is 0. The number of carbonyl (C=O) groups is 1. The summed E-state index contributed by atoms with van der Waals surface area (Å²) in [5, 5.41) is 0. The van der Waals surface area contributed by atoms with E-state index in [-0.39, 0.29) is 12.7 Å². The van der Waals surface area contributed by atoms with Gasteiger partial charge in [0, 0.05) is 0 Å². The molecule has 32 heavy (non-hydrogen) atoms. The van der Waals surface area contributed by atoms with Crippen LogP contribution in [0.4, 0.5) is 0 Å². The number of thioether (sulfide) groups is 1. The zero-order valence-electron chi connectivity index (χ0n) is 17.0. The van der Waals surface area contributed by atoms with Gasteiger partial charge in [0.05, 0.1) is 11.4 Å². The van der Waals surface area contributed by atoms with Gasteiger partial charge in [0.25, 0.3) is 5.91 Å². The largest absolute Gasteiger partial charge is 0.489 e. The summed E-state index contributed by atoms with van der Waals surface area (Å²) in [5.41, 5.74) is 2.97. The Balaban J connectivity index is 1.22. The summed E-state index contributed by atoms with van der Waals surface area (Å²) in [4.78, 5) is 15.1. The summed E-state index contributed by atoms with van der Waals surface area (Å²) in [6, 6.07) is 23.3. The minimum absolute atomic E-state index is 0.0630. The first-order valence-electron chi connectivity index (χ1n) is 10.1. The second-order valence-corrected chi connectivity index (χ2v) is 8.97. The van der Waals surface area contributed by atoms with E-state index in [2.05, 4.69) is 0 Å². The zero-order valence-corrected chi connectivity index (χ0v) is 18.7. The molecule has 2 aliphatic rings. The first kappa shape index (κ1) is 20.6. The van der Waals surface area contributed by atoms with Gasteiger partial charge >= 0.3 is 0 Å². The maximum absolute atomic E-state index is 12.8. The van der Waals surface area contributed by atoms with E-state index in [9.17, 15) is 4.79 Å². The number of nitrogens with zero attached hydrogens (tertiary/aromatic N) is 1. The second kappa shape index (κ2) is 9.06. The van der Waals surface area contributed by atoms with E-state index in [0.29, 0.717) is 22.4 Å². The van der Waals surface area contributed by atoms with Gasteiger partial charge in [0.1, 0.15) is 16.7 Å². The van der Waals surface area contributed by atoms with E-state index in [1.165, 1.54) is 11.8 Å². The van der Waals surface area contributed by atoms with E-state index in [1.807, 2.05) is 78.9 Å². The monoisotopic (exact) mass is 461 g/mol. The number of ether oxygens (including phenoxy) is 3. The summed E-state index contributed by atoms with van der Waals surface area (Å²) >= 11 is 6.76.